The Kier molecular flexibility index (Phi) is 4.31. The van der Waals surface area contributed by atoms with E-state index in [1.54, 1.807) is 0 Å². The maximum atomic E-state index is 12.0. The minimum Gasteiger partial charge on any atom is -0.355 e. The van der Waals surface area contributed by atoms with Gasteiger partial charge in [-0.2, -0.15) is 0 Å². The average Bonchev–Trinajstić information content (AvgIpc) is 2.48. The lowest BCUT2D eigenvalue weighted by molar-refractivity contribution is -0.126. The number of amides is 1. The maximum absolute atomic E-state index is 12.0. The molecule has 0 saturated carbocycles. The summed E-state index contributed by atoms with van der Waals surface area (Å²) in [7, 11) is 0. The lowest BCUT2D eigenvalue weighted by atomic mass is 9.91. The van der Waals surface area contributed by atoms with E-state index >= 15 is 0 Å². The van der Waals surface area contributed by atoms with E-state index in [0.717, 1.165) is 13.1 Å². The van der Waals surface area contributed by atoms with Crippen LogP contribution in [-0.2, 0) is 4.79 Å². The van der Waals surface area contributed by atoms with Crippen LogP contribution < -0.4 is 10.6 Å². The first-order chi connectivity index (χ1) is 10.3. The van der Waals surface area contributed by atoms with Gasteiger partial charge in [0.05, 0.1) is 5.92 Å². The maximum Gasteiger partial charge on any atom is 0.225 e. The topological polar surface area (TPSA) is 41.1 Å². The van der Waals surface area contributed by atoms with Crippen LogP contribution >= 0.6 is 0 Å². The van der Waals surface area contributed by atoms with Crippen molar-refractivity contribution in [1.29, 1.82) is 0 Å². The van der Waals surface area contributed by atoms with Crippen molar-refractivity contribution < 1.29 is 4.79 Å². The van der Waals surface area contributed by atoms with Crippen LogP contribution in [0.25, 0.3) is 0 Å². The van der Waals surface area contributed by atoms with Gasteiger partial charge in [-0.1, -0.05) is 60.7 Å². The highest BCUT2D eigenvalue weighted by atomic mass is 16.2. The van der Waals surface area contributed by atoms with E-state index < -0.39 is 0 Å². The molecule has 1 heterocycles. The first kappa shape index (κ1) is 13.8. The Labute approximate surface area is 125 Å². The van der Waals surface area contributed by atoms with Crippen LogP contribution in [0.4, 0.5) is 0 Å². The third-order valence-electron chi connectivity index (χ3n) is 4.04. The van der Waals surface area contributed by atoms with E-state index in [0.29, 0.717) is 6.54 Å². The highest BCUT2D eigenvalue weighted by molar-refractivity contribution is 5.80. The Hall–Kier alpha value is -2.13. The smallest absolute Gasteiger partial charge is 0.225 e. The van der Waals surface area contributed by atoms with Crippen molar-refractivity contribution in [3.63, 3.8) is 0 Å². The molecule has 0 atom stereocenters. The van der Waals surface area contributed by atoms with Crippen molar-refractivity contribution in [2.45, 2.75) is 5.92 Å². The van der Waals surface area contributed by atoms with Crippen molar-refractivity contribution in [3.05, 3.63) is 71.8 Å². The van der Waals surface area contributed by atoms with E-state index in [1.165, 1.54) is 11.1 Å². The third-order valence-corrected chi connectivity index (χ3v) is 4.04. The Morgan fingerprint density at radius 1 is 1.00 bits per heavy atom. The molecule has 1 aliphatic heterocycles. The van der Waals surface area contributed by atoms with Gasteiger partial charge in [0.25, 0.3) is 0 Å². The number of hydrogen-bond acceptors (Lipinski definition) is 2. The molecule has 108 valence electrons. The summed E-state index contributed by atoms with van der Waals surface area (Å²) >= 11 is 0. The fraction of sp³-hybridized carbons (Fsp3) is 0.278. The normalized spacial score (nSPS) is 14.7. The highest BCUT2D eigenvalue weighted by Gasteiger charge is 2.25. The van der Waals surface area contributed by atoms with Crippen molar-refractivity contribution >= 4 is 5.91 Å². The molecule has 3 rings (SSSR count). The molecule has 1 saturated heterocycles. The monoisotopic (exact) mass is 280 g/mol. The largest absolute Gasteiger partial charge is 0.355 e. The van der Waals surface area contributed by atoms with E-state index in [-0.39, 0.29) is 17.7 Å². The second-order valence-corrected chi connectivity index (χ2v) is 5.47. The minimum absolute atomic E-state index is 0.136. The molecule has 0 bridgehead atoms. The first-order valence-corrected chi connectivity index (χ1v) is 7.43. The van der Waals surface area contributed by atoms with E-state index in [4.69, 9.17) is 0 Å². The quantitative estimate of drug-likeness (QED) is 0.881. The standard InChI is InChI=1S/C18H20N2O/c21-18(16-11-19-12-16)20-13-17(14-7-3-1-4-8-14)15-9-5-2-6-10-15/h1-10,16-17,19H,11-13H2,(H,20,21). The fourth-order valence-electron chi connectivity index (χ4n) is 2.62. The Bertz CT molecular complexity index is 539. The average molecular weight is 280 g/mol. The lowest BCUT2D eigenvalue weighted by Gasteiger charge is -2.27. The highest BCUT2D eigenvalue weighted by Crippen LogP contribution is 2.23. The van der Waals surface area contributed by atoms with Crippen molar-refractivity contribution in [2.75, 3.05) is 19.6 Å². The molecule has 0 unspecified atom stereocenters. The summed E-state index contributed by atoms with van der Waals surface area (Å²) in [5.41, 5.74) is 2.46. The molecule has 3 heteroatoms. The van der Waals surface area contributed by atoms with Crippen molar-refractivity contribution in [2.24, 2.45) is 5.92 Å². The van der Waals surface area contributed by atoms with Gasteiger partial charge in [0.1, 0.15) is 0 Å². The number of nitrogens with one attached hydrogen (secondary N) is 2. The van der Waals surface area contributed by atoms with Crippen LogP contribution in [0.2, 0.25) is 0 Å². The van der Waals surface area contributed by atoms with Gasteiger partial charge in [-0.3, -0.25) is 4.79 Å². The molecule has 0 aliphatic carbocycles. The van der Waals surface area contributed by atoms with E-state index in [1.807, 2.05) is 36.4 Å². The number of carbonyl (C=O) groups is 1. The summed E-state index contributed by atoms with van der Waals surface area (Å²) in [5.74, 6) is 0.493. The summed E-state index contributed by atoms with van der Waals surface area (Å²) in [6.45, 7) is 2.24. The SMILES string of the molecule is O=C(NCC(c1ccccc1)c1ccccc1)C1CNC1. The van der Waals surface area contributed by atoms with Gasteiger partial charge in [-0.15, -0.1) is 0 Å². The van der Waals surface area contributed by atoms with E-state index in [2.05, 4.69) is 34.9 Å². The molecule has 0 spiro atoms. The number of hydrogen-bond donors (Lipinski definition) is 2. The van der Waals surface area contributed by atoms with Gasteiger partial charge >= 0.3 is 0 Å². The Morgan fingerprint density at radius 2 is 1.52 bits per heavy atom. The summed E-state index contributed by atoms with van der Waals surface area (Å²) in [6, 6.07) is 20.7. The van der Waals surface area contributed by atoms with Gasteiger partial charge in [0, 0.05) is 25.6 Å². The van der Waals surface area contributed by atoms with Crippen LogP contribution in [0.15, 0.2) is 60.7 Å². The van der Waals surface area contributed by atoms with Gasteiger partial charge in [0.15, 0.2) is 0 Å². The van der Waals surface area contributed by atoms with Crippen LogP contribution in [0.3, 0.4) is 0 Å². The molecule has 1 amide bonds. The van der Waals surface area contributed by atoms with Crippen LogP contribution in [-0.4, -0.2) is 25.5 Å². The fourth-order valence-corrected chi connectivity index (χ4v) is 2.62. The Morgan fingerprint density at radius 3 is 1.95 bits per heavy atom. The van der Waals surface area contributed by atoms with Crippen LogP contribution in [0, 0.1) is 5.92 Å². The molecule has 1 fully saturated rings. The zero-order chi connectivity index (χ0) is 14.5. The zero-order valence-corrected chi connectivity index (χ0v) is 12.0. The molecule has 0 radical (unpaired) electrons. The molecule has 2 aromatic carbocycles. The second kappa shape index (κ2) is 6.55. The summed E-state index contributed by atoms with van der Waals surface area (Å²) < 4.78 is 0. The van der Waals surface area contributed by atoms with Gasteiger partial charge in [-0.05, 0) is 11.1 Å². The third kappa shape index (κ3) is 3.31. The molecule has 3 nitrogen and oxygen atoms in total. The van der Waals surface area contributed by atoms with Gasteiger partial charge < -0.3 is 10.6 Å². The van der Waals surface area contributed by atoms with Crippen molar-refractivity contribution in [1.82, 2.24) is 10.6 Å². The molecule has 1 aliphatic rings. The lowest BCUT2D eigenvalue weighted by Crippen LogP contribution is -2.51. The van der Waals surface area contributed by atoms with Crippen LogP contribution in [0.1, 0.15) is 17.0 Å². The summed E-state index contributed by atoms with van der Waals surface area (Å²) in [6.07, 6.45) is 0. The molecule has 21 heavy (non-hydrogen) atoms. The van der Waals surface area contributed by atoms with E-state index in [9.17, 15) is 4.79 Å². The second-order valence-electron chi connectivity index (χ2n) is 5.47. The summed E-state index contributed by atoms with van der Waals surface area (Å²) in [5, 5.41) is 6.24. The number of benzene rings is 2. The molecule has 2 N–H and O–H groups in total. The van der Waals surface area contributed by atoms with Crippen LogP contribution in [0.5, 0.6) is 0 Å². The Balaban J connectivity index is 1.75. The first-order valence-electron chi connectivity index (χ1n) is 7.43. The number of rotatable bonds is 5. The predicted molar refractivity (Wildman–Crippen MR) is 84.1 cm³/mol. The van der Waals surface area contributed by atoms with Gasteiger partial charge in [0.2, 0.25) is 5.91 Å². The van der Waals surface area contributed by atoms with Crippen molar-refractivity contribution in [3.8, 4) is 0 Å². The molecule has 0 aromatic heterocycles. The molecular weight excluding hydrogens is 260 g/mol. The summed E-state index contributed by atoms with van der Waals surface area (Å²) in [4.78, 5) is 12.0. The molecule has 2 aromatic rings. The minimum atomic E-state index is 0.136. The number of carbonyl (C=O) groups excluding carboxylic acids is 1. The van der Waals surface area contributed by atoms with Gasteiger partial charge in [-0.25, -0.2) is 0 Å². The predicted octanol–water partition coefficient (Wildman–Crippen LogP) is 2.15. The zero-order valence-electron chi connectivity index (χ0n) is 12.0. The molecular formula is C18H20N2O.